The second kappa shape index (κ2) is 7.87. The summed E-state index contributed by atoms with van der Waals surface area (Å²) in [6.07, 6.45) is 3.80. The zero-order valence-electron chi connectivity index (χ0n) is 14.6. The molecule has 26 heavy (non-hydrogen) atoms. The molecule has 0 amide bonds. The van der Waals surface area contributed by atoms with Gasteiger partial charge >= 0.3 is 5.92 Å². The van der Waals surface area contributed by atoms with Crippen molar-refractivity contribution >= 4 is 32.6 Å². The molecule has 0 aliphatic heterocycles. The highest BCUT2D eigenvalue weighted by atomic mass is 35.5. The Labute approximate surface area is 155 Å². The minimum absolute atomic E-state index is 0.00702. The fourth-order valence-electron chi connectivity index (χ4n) is 2.16. The summed E-state index contributed by atoms with van der Waals surface area (Å²) in [5.41, 5.74) is 0.0258. The summed E-state index contributed by atoms with van der Waals surface area (Å²) in [6, 6.07) is 1.25. The van der Waals surface area contributed by atoms with Crippen LogP contribution in [0.1, 0.15) is 33.0 Å². The first-order chi connectivity index (χ1) is 12.1. The van der Waals surface area contributed by atoms with Gasteiger partial charge in [-0.05, 0) is 32.9 Å². The third kappa shape index (κ3) is 3.98. The van der Waals surface area contributed by atoms with E-state index in [0.29, 0.717) is 0 Å². The van der Waals surface area contributed by atoms with Gasteiger partial charge in [0, 0.05) is 18.5 Å². The summed E-state index contributed by atoms with van der Waals surface area (Å²) < 4.78 is 54.4. The summed E-state index contributed by atoms with van der Waals surface area (Å²) >= 11 is 5.47. The van der Waals surface area contributed by atoms with E-state index >= 15 is 0 Å². The molecule has 0 atom stereocenters. The van der Waals surface area contributed by atoms with Crippen LogP contribution >= 0.6 is 11.6 Å². The van der Waals surface area contributed by atoms with Crippen LogP contribution in [0.25, 0.3) is 11.2 Å². The average molecular weight is 408 g/mol. The van der Waals surface area contributed by atoms with Gasteiger partial charge in [0.15, 0.2) is 15.5 Å². The maximum absolute atomic E-state index is 14.4. The summed E-state index contributed by atoms with van der Waals surface area (Å²) in [5, 5.41) is -0.681. The maximum Gasteiger partial charge on any atom is 0.309 e. The summed E-state index contributed by atoms with van der Waals surface area (Å²) in [5.74, 6) is -4.29. The van der Waals surface area contributed by atoms with E-state index in [1.165, 1.54) is 19.9 Å². The van der Waals surface area contributed by atoms with Crippen LogP contribution in [0, 0.1) is 0 Å². The zero-order valence-corrected chi connectivity index (χ0v) is 16.2. The highest BCUT2D eigenvalue weighted by Gasteiger charge is 2.38. The number of halogens is 3. The van der Waals surface area contributed by atoms with Gasteiger partial charge in [-0.15, -0.1) is 11.6 Å². The molecule has 2 aromatic heterocycles. The van der Waals surface area contributed by atoms with Crippen LogP contribution in [-0.4, -0.2) is 40.9 Å². The normalized spacial score (nSPS) is 13.2. The largest absolute Gasteiger partial charge is 0.408 e. The van der Waals surface area contributed by atoms with Crippen LogP contribution < -0.4 is 4.84 Å². The number of fused-ring (bicyclic) bond motifs is 1. The lowest BCUT2D eigenvalue weighted by Gasteiger charge is -2.16. The lowest BCUT2D eigenvalue weighted by Crippen LogP contribution is -2.25. The average Bonchev–Trinajstić information content (AvgIpc) is 2.94. The molecule has 144 valence electrons. The Bertz CT molecular complexity index is 911. The number of alkyl halides is 3. The predicted molar refractivity (Wildman–Crippen MR) is 95.3 cm³/mol. The molecule has 0 saturated heterocycles. The monoisotopic (exact) mass is 407 g/mol. The summed E-state index contributed by atoms with van der Waals surface area (Å²) in [7, 11) is -3.63. The molecule has 2 heterocycles. The van der Waals surface area contributed by atoms with E-state index in [2.05, 4.69) is 9.97 Å². The number of aromatic nitrogens is 3. The summed E-state index contributed by atoms with van der Waals surface area (Å²) in [6.45, 7) is 4.82. The molecule has 2 rings (SSSR count). The Balaban J connectivity index is 2.67. The second-order valence-corrected chi connectivity index (χ2v) is 8.73. The third-order valence-electron chi connectivity index (χ3n) is 3.67. The molecule has 10 heteroatoms. The maximum atomic E-state index is 14.4. The van der Waals surface area contributed by atoms with E-state index in [4.69, 9.17) is 16.4 Å². The van der Waals surface area contributed by atoms with Crippen molar-refractivity contribution in [2.45, 2.75) is 43.3 Å². The molecule has 0 aliphatic carbocycles. The van der Waals surface area contributed by atoms with Crippen molar-refractivity contribution in [3.8, 4) is 0 Å². The molecule has 0 N–H and O–H groups in total. The van der Waals surface area contributed by atoms with Crippen molar-refractivity contribution in [1.29, 1.82) is 0 Å². The van der Waals surface area contributed by atoms with E-state index in [9.17, 15) is 17.2 Å². The van der Waals surface area contributed by atoms with E-state index in [-0.39, 0.29) is 28.5 Å². The van der Waals surface area contributed by atoms with Crippen molar-refractivity contribution < 1.29 is 22.0 Å². The van der Waals surface area contributed by atoms with Crippen molar-refractivity contribution in [2.24, 2.45) is 0 Å². The molecule has 0 aliphatic rings. The zero-order chi connectivity index (χ0) is 19.5. The van der Waals surface area contributed by atoms with Gasteiger partial charge < -0.3 is 4.84 Å². The number of hydrogen-bond acceptors (Lipinski definition) is 5. The fourth-order valence-corrected chi connectivity index (χ4v) is 3.41. The van der Waals surface area contributed by atoms with Crippen LogP contribution in [0.4, 0.5) is 8.78 Å². The predicted octanol–water partition coefficient (Wildman–Crippen LogP) is 3.34. The number of rotatable bonds is 8. The lowest BCUT2D eigenvalue weighted by atomic mass is 10.2. The molecule has 0 radical (unpaired) electrons. The van der Waals surface area contributed by atoms with Gasteiger partial charge in [0.1, 0.15) is 12.1 Å². The van der Waals surface area contributed by atoms with Gasteiger partial charge in [-0.3, -0.25) is 0 Å². The number of hydrogen-bond donors (Lipinski definition) is 0. The molecule has 6 nitrogen and oxygen atoms in total. The van der Waals surface area contributed by atoms with Crippen LogP contribution in [0.2, 0.25) is 0 Å². The van der Waals surface area contributed by atoms with Gasteiger partial charge in [0.05, 0.1) is 10.1 Å². The number of imidazole rings is 1. The van der Waals surface area contributed by atoms with E-state index < -0.39 is 33.3 Å². The quantitative estimate of drug-likeness (QED) is 0.495. The van der Waals surface area contributed by atoms with Gasteiger partial charge in [-0.2, -0.15) is 13.5 Å². The van der Waals surface area contributed by atoms with E-state index in [1.54, 1.807) is 19.1 Å². The van der Waals surface area contributed by atoms with Crippen LogP contribution in [0.15, 0.2) is 29.3 Å². The Morgan fingerprint density at radius 1 is 1.42 bits per heavy atom. The highest BCUT2D eigenvalue weighted by molar-refractivity contribution is 7.92. The number of nitrogens with zero attached hydrogens (tertiary/aromatic N) is 3. The Morgan fingerprint density at radius 2 is 2.12 bits per heavy atom. The molecular formula is C16H20ClF2N3O3S. The highest BCUT2D eigenvalue weighted by Crippen LogP contribution is 2.33. The Kier molecular flexibility index (Phi) is 6.23. The molecule has 0 bridgehead atoms. The first-order valence-electron chi connectivity index (χ1n) is 7.96. The minimum atomic E-state index is -3.63. The second-order valence-electron chi connectivity index (χ2n) is 5.85. The number of sulfone groups is 1. The first-order valence-corrected chi connectivity index (χ1v) is 10.0. The van der Waals surface area contributed by atoms with Gasteiger partial charge in [0.25, 0.3) is 0 Å². The van der Waals surface area contributed by atoms with Gasteiger partial charge in [-0.25, -0.2) is 18.4 Å². The van der Waals surface area contributed by atoms with Crippen LogP contribution in [0.5, 0.6) is 0 Å². The van der Waals surface area contributed by atoms with Gasteiger partial charge in [-0.1, -0.05) is 6.08 Å². The molecule has 0 spiro atoms. The SMILES string of the molecule is CC=CCOn1c(C(F)(F)CCCl)nc2ncc(S(=O)(=O)C(C)C)cc21. The molecule has 0 aromatic carbocycles. The molecule has 0 unspecified atom stereocenters. The van der Waals surface area contributed by atoms with E-state index in [1.807, 2.05) is 0 Å². The smallest absolute Gasteiger partial charge is 0.309 e. The topological polar surface area (TPSA) is 74.1 Å². The van der Waals surface area contributed by atoms with Crippen LogP contribution in [-0.2, 0) is 15.8 Å². The number of allylic oxidation sites excluding steroid dienone is 1. The standard InChI is InChI=1S/C16H20ClF2N3O3S/c1-4-5-8-25-22-13-9-12(26(23,24)11(2)3)10-20-14(13)21-15(22)16(18,19)6-7-17/h4-5,9-11H,6-8H2,1-3H3. The van der Waals surface area contributed by atoms with Gasteiger partial charge in [0.2, 0.25) is 5.82 Å². The van der Waals surface area contributed by atoms with Crippen molar-refractivity contribution in [3.63, 3.8) is 0 Å². The summed E-state index contributed by atoms with van der Waals surface area (Å²) in [4.78, 5) is 13.1. The molecule has 0 saturated carbocycles. The third-order valence-corrected chi connectivity index (χ3v) is 5.98. The minimum Gasteiger partial charge on any atom is -0.408 e. The van der Waals surface area contributed by atoms with Crippen molar-refractivity contribution in [2.75, 3.05) is 12.5 Å². The molecular weight excluding hydrogens is 388 g/mol. The fraction of sp³-hybridized carbons (Fsp3) is 0.500. The van der Waals surface area contributed by atoms with Crippen molar-refractivity contribution in [3.05, 3.63) is 30.2 Å². The number of pyridine rings is 1. The molecule has 2 aromatic rings. The Hall–Kier alpha value is -1.74. The van der Waals surface area contributed by atoms with E-state index in [0.717, 1.165) is 10.9 Å². The first kappa shape index (κ1) is 20.6. The van der Waals surface area contributed by atoms with Crippen LogP contribution in [0.3, 0.4) is 0 Å². The Morgan fingerprint density at radius 3 is 2.69 bits per heavy atom. The lowest BCUT2D eigenvalue weighted by molar-refractivity contribution is -0.0364. The molecule has 0 fully saturated rings. The van der Waals surface area contributed by atoms with Crippen molar-refractivity contribution in [1.82, 2.24) is 14.7 Å².